The van der Waals surface area contributed by atoms with Crippen molar-refractivity contribution in [2.75, 3.05) is 0 Å². The largest absolute Gasteiger partial charge is 0.241 e. The van der Waals surface area contributed by atoms with Crippen molar-refractivity contribution >= 4 is 34.5 Å². The van der Waals surface area contributed by atoms with Crippen LogP contribution in [0.3, 0.4) is 0 Å². The topological polar surface area (TPSA) is 38.7 Å². The molecule has 0 aromatic carbocycles. The van der Waals surface area contributed by atoms with Gasteiger partial charge in [0.25, 0.3) is 0 Å². The summed E-state index contributed by atoms with van der Waals surface area (Å²) in [5, 5.41) is 2.66. The van der Waals surface area contributed by atoms with Gasteiger partial charge in [-0.1, -0.05) is 30.1 Å². The van der Waals surface area contributed by atoms with Crippen LogP contribution in [-0.4, -0.2) is 15.0 Å². The SMILES string of the molecule is CCc1c(Cl)nc(-c2cscn2)nc1Cl. The summed E-state index contributed by atoms with van der Waals surface area (Å²) in [6.45, 7) is 1.96. The third kappa shape index (κ3) is 2.12. The average Bonchev–Trinajstić information content (AvgIpc) is 2.69. The number of nitrogens with zero attached hydrogens (tertiary/aromatic N) is 3. The van der Waals surface area contributed by atoms with E-state index < -0.39 is 0 Å². The van der Waals surface area contributed by atoms with E-state index in [9.17, 15) is 0 Å². The van der Waals surface area contributed by atoms with Crippen LogP contribution in [0.5, 0.6) is 0 Å². The number of hydrogen-bond acceptors (Lipinski definition) is 4. The van der Waals surface area contributed by atoms with E-state index in [4.69, 9.17) is 23.2 Å². The molecule has 0 atom stereocenters. The van der Waals surface area contributed by atoms with Gasteiger partial charge in [-0.2, -0.15) is 0 Å². The summed E-state index contributed by atoms with van der Waals surface area (Å²) in [6.07, 6.45) is 0.717. The first-order chi connectivity index (χ1) is 7.22. The monoisotopic (exact) mass is 259 g/mol. The molecule has 0 N–H and O–H groups in total. The Hall–Kier alpha value is -0.710. The molecule has 0 spiro atoms. The molecule has 0 saturated carbocycles. The molecule has 3 nitrogen and oxygen atoms in total. The van der Waals surface area contributed by atoms with Gasteiger partial charge < -0.3 is 0 Å². The predicted molar refractivity (Wildman–Crippen MR) is 62.5 cm³/mol. The van der Waals surface area contributed by atoms with Gasteiger partial charge in [0, 0.05) is 10.9 Å². The quantitative estimate of drug-likeness (QED) is 0.776. The summed E-state index contributed by atoms with van der Waals surface area (Å²) in [7, 11) is 0. The molecule has 2 aromatic heterocycles. The number of aromatic nitrogens is 3. The predicted octanol–water partition coefficient (Wildman–Crippen LogP) is 3.47. The summed E-state index contributed by atoms with van der Waals surface area (Å²) in [5.74, 6) is 0.475. The van der Waals surface area contributed by atoms with E-state index in [1.54, 1.807) is 5.51 Å². The Bertz CT molecular complexity index is 447. The highest BCUT2D eigenvalue weighted by molar-refractivity contribution is 7.07. The normalized spacial score (nSPS) is 10.6. The van der Waals surface area contributed by atoms with E-state index in [1.165, 1.54) is 11.3 Å². The minimum Gasteiger partial charge on any atom is -0.241 e. The maximum Gasteiger partial charge on any atom is 0.181 e. The fourth-order valence-electron chi connectivity index (χ4n) is 1.16. The van der Waals surface area contributed by atoms with E-state index in [0.29, 0.717) is 21.8 Å². The highest BCUT2D eigenvalue weighted by atomic mass is 35.5. The summed E-state index contributed by atoms with van der Waals surface area (Å²) in [5.41, 5.74) is 3.19. The zero-order valence-corrected chi connectivity index (χ0v) is 10.2. The van der Waals surface area contributed by atoms with Gasteiger partial charge in [0.05, 0.1) is 5.51 Å². The van der Waals surface area contributed by atoms with Gasteiger partial charge in [-0.3, -0.25) is 0 Å². The molecule has 15 heavy (non-hydrogen) atoms. The summed E-state index contributed by atoms with van der Waals surface area (Å²) < 4.78 is 0. The van der Waals surface area contributed by atoms with Crippen LogP contribution in [-0.2, 0) is 6.42 Å². The van der Waals surface area contributed by atoms with Crippen molar-refractivity contribution in [1.29, 1.82) is 0 Å². The lowest BCUT2D eigenvalue weighted by Crippen LogP contribution is -1.96. The number of thiazole rings is 1. The summed E-state index contributed by atoms with van der Waals surface area (Å²) in [4.78, 5) is 12.4. The van der Waals surface area contributed by atoms with Gasteiger partial charge in [-0.25, -0.2) is 15.0 Å². The molecule has 2 rings (SSSR count). The van der Waals surface area contributed by atoms with Crippen molar-refractivity contribution in [3.05, 3.63) is 26.8 Å². The van der Waals surface area contributed by atoms with Crippen LogP contribution in [0.1, 0.15) is 12.5 Å². The molecule has 0 fully saturated rings. The van der Waals surface area contributed by atoms with Crippen LogP contribution in [0, 0.1) is 0 Å². The van der Waals surface area contributed by atoms with Crippen LogP contribution < -0.4 is 0 Å². The van der Waals surface area contributed by atoms with Gasteiger partial charge in [0.1, 0.15) is 16.0 Å². The Morgan fingerprint density at radius 1 is 1.27 bits per heavy atom. The minimum absolute atomic E-state index is 0.403. The fourth-order valence-corrected chi connectivity index (χ4v) is 2.35. The third-order valence-electron chi connectivity index (χ3n) is 1.92. The van der Waals surface area contributed by atoms with Crippen LogP contribution in [0.25, 0.3) is 11.5 Å². The summed E-state index contributed by atoms with van der Waals surface area (Å²) in [6, 6.07) is 0. The lowest BCUT2D eigenvalue weighted by molar-refractivity contribution is 1.05. The zero-order chi connectivity index (χ0) is 10.8. The molecule has 6 heteroatoms. The lowest BCUT2D eigenvalue weighted by atomic mass is 10.2. The van der Waals surface area contributed by atoms with Gasteiger partial charge >= 0.3 is 0 Å². The molecule has 0 unspecified atom stereocenters. The number of rotatable bonds is 2. The van der Waals surface area contributed by atoms with E-state index in [2.05, 4.69) is 15.0 Å². The molecule has 0 amide bonds. The van der Waals surface area contributed by atoms with Gasteiger partial charge in [0.15, 0.2) is 5.82 Å². The van der Waals surface area contributed by atoms with Crippen molar-refractivity contribution in [3.63, 3.8) is 0 Å². The smallest absolute Gasteiger partial charge is 0.181 e. The maximum absolute atomic E-state index is 5.99. The lowest BCUT2D eigenvalue weighted by Gasteiger charge is -2.04. The van der Waals surface area contributed by atoms with E-state index in [-0.39, 0.29) is 0 Å². The van der Waals surface area contributed by atoms with E-state index >= 15 is 0 Å². The number of halogens is 2. The molecule has 0 aliphatic rings. The van der Waals surface area contributed by atoms with Crippen molar-refractivity contribution in [2.24, 2.45) is 0 Å². The first-order valence-electron chi connectivity index (χ1n) is 4.32. The molecule has 2 heterocycles. The van der Waals surface area contributed by atoms with Gasteiger partial charge in [-0.05, 0) is 6.42 Å². The van der Waals surface area contributed by atoms with Crippen LogP contribution in [0.4, 0.5) is 0 Å². The Balaban J connectivity index is 2.53. The second kappa shape index (κ2) is 4.43. The second-order valence-electron chi connectivity index (χ2n) is 2.83. The Morgan fingerprint density at radius 2 is 1.93 bits per heavy atom. The van der Waals surface area contributed by atoms with Crippen molar-refractivity contribution in [3.8, 4) is 11.5 Å². The molecule has 78 valence electrons. The Kier molecular flexibility index (Phi) is 3.19. The first kappa shape index (κ1) is 10.8. The standard InChI is InChI=1S/C9H7Cl2N3S/c1-2-5-7(10)13-9(14-8(5)11)6-3-15-4-12-6/h3-4H,2H2,1H3. The molecular formula is C9H7Cl2N3S. The molecule has 0 aliphatic heterocycles. The van der Waals surface area contributed by atoms with Crippen LogP contribution >= 0.6 is 34.5 Å². The molecule has 2 aromatic rings. The molecule has 0 bridgehead atoms. The second-order valence-corrected chi connectivity index (χ2v) is 4.27. The molecular weight excluding hydrogens is 253 g/mol. The van der Waals surface area contributed by atoms with Crippen molar-refractivity contribution in [1.82, 2.24) is 15.0 Å². The fraction of sp³-hybridized carbons (Fsp3) is 0.222. The van der Waals surface area contributed by atoms with Gasteiger partial charge in [0.2, 0.25) is 0 Å². The molecule has 0 aliphatic carbocycles. The maximum atomic E-state index is 5.99. The van der Waals surface area contributed by atoms with Crippen molar-refractivity contribution in [2.45, 2.75) is 13.3 Å². The van der Waals surface area contributed by atoms with Crippen molar-refractivity contribution < 1.29 is 0 Å². The van der Waals surface area contributed by atoms with E-state index in [0.717, 1.165) is 12.0 Å². The van der Waals surface area contributed by atoms with E-state index in [1.807, 2.05) is 12.3 Å². The minimum atomic E-state index is 0.403. The molecule has 0 radical (unpaired) electrons. The highest BCUT2D eigenvalue weighted by Crippen LogP contribution is 2.25. The first-order valence-corrected chi connectivity index (χ1v) is 6.02. The summed E-state index contributed by atoms with van der Waals surface area (Å²) >= 11 is 13.5. The highest BCUT2D eigenvalue weighted by Gasteiger charge is 2.11. The van der Waals surface area contributed by atoms with Crippen LogP contribution in [0.15, 0.2) is 10.9 Å². The van der Waals surface area contributed by atoms with Crippen LogP contribution in [0.2, 0.25) is 10.3 Å². The Morgan fingerprint density at radius 3 is 2.40 bits per heavy atom. The van der Waals surface area contributed by atoms with Gasteiger partial charge in [-0.15, -0.1) is 11.3 Å². The zero-order valence-electron chi connectivity index (χ0n) is 7.87. The molecule has 0 saturated heterocycles. The number of hydrogen-bond donors (Lipinski definition) is 0. The Labute approximate surface area is 101 Å². The average molecular weight is 260 g/mol. The third-order valence-corrected chi connectivity index (χ3v) is 3.13.